The predicted molar refractivity (Wildman–Crippen MR) is 63.8 cm³/mol. The fourth-order valence-corrected chi connectivity index (χ4v) is 4.45. The zero-order chi connectivity index (χ0) is 13.1. The van der Waals surface area contributed by atoms with Crippen LogP contribution in [-0.4, -0.2) is 23.7 Å². The zero-order valence-corrected chi connectivity index (χ0v) is 10.8. The first kappa shape index (κ1) is 11.8. The second-order valence-corrected chi connectivity index (χ2v) is 6.70. The van der Waals surface area contributed by atoms with Crippen LogP contribution in [0.3, 0.4) is 0 Å². The van der Waals surface area contributed by atoms with Crippen molar-refractivity contribution in [2.75, 3.05) is 6.61 Å². The van der Waals surface area contributed by atoms with Gasteiger partial charge in [-0.1, -0.05) is 13.8 Å². The highest BCUT2D eigenvalue weighted by Gasteiger charge is 2.60. The number of esters is 1. The van der Waals surface area contributed by atoms with Crippen LogP contribution in [0.15, 0.2) is 11.1 Å². The minimum Gasteiger partial charge on any atom is -0.478 e. The molecule has 1 spiro atoms. The molecule has 0 radical (unpaired) electrons. The molecule has 3 rings (SSSR count). The van der Waals surface area contributed by atoms with Crippen LogP contribution in [0.2, 0.25) is 0 Å². The third-order valence-electron chi connectivity index (χ3n) is 4.89. The molecule has 1 saturated heterocycles. The summed E-state index contributed by atoms with van der Waals surface area (Å²) in [6, 6.07) is 0. The molecule has 0 unspecified atom stereocenters. The van der Waals surface area contributed by atoms with Crippen LogP contribution < -0.4 is 0 Å². The molecular formula is C14H18O4. The molecule has 0 amide bonds. The van der Waals surface area contributed by atoms with Crippen LogP contribution in [0.4, 0.5) is 0 Å². The lowest BCUT2D eigenvalue weighted by molar-refractivity contribution is -0.149. The minimum absolute atomic E-state index is 0.173. The van der Waals surface area contributed by atoms with Crippen molar-refractivity contribution in [1.82, 2.24) is 0 Å². The fraction of sp³-hybridized carbons (Fsp3) is 0.714. The summed E-state index contributed by atoms with van der Waals surface area (Å²) in [7, 11) is 0. The van der Waals surface area contributed by atoms with Gasteiger partial charge in [0.15, 0.2) is 0 Å². The summed E-state index contributed by atoms with van der Waals surface area (Å²) in [5, 5.41) is 9.30. The molecule has 0 bridgehead atoms. The fourth-order valence-electron chi connectivity index (χ4n) is 4.45. The van der Waals surface area contributed by atoms with Crippen molar-refractivity contribution < 1.29 is 19.4 Å². The SMILES string of the molecule is CC1(C)C[C@H]2CC(C(=O)O)=C3COC(=O)C[C@@]32C1. The van der Waals surface area contributed by atoms with Crippen molar-refractivity contribution in [3.63, 3.8) is 0 Å². The molecule has 0 aromatic carbocycles. The summed E-state index contributed by atoms with van der Waals surface area (Å²) >= 11 is 0. The number of carboxylic acids is 1. The third-order valence-corrected chi connectivity index (χ3v) is 4.89. The molecule has 2 atom stereocenters. The first-order valence-electron chi connectivity index (χ1n) is 6.45. The first-order chi connectivity index (χ1) is 8.34. The second-order valence-electron chi connectivity index (χ2n) is 6.70. The van der Waals surface area contributed by atoms with Crippen molar-refractivity contribution in [2.24, 2.45) is 16.7 Å². The van der Waals surface area contributed by atoms with E-state index in [-0.39, 0.29) is 23.4 Å². The molecule has 2 aliphatic carbocycles. The quantitative estimate of drug-likeness (QED) is 0.724. The van der Waals surface area contributed by atoms with Gasteiger partial charge in [0.25, 0.3) is 0 Å². The Kier molecular flexibility index (Phi) is 2.20. The van der Waals surface area contributed by atoms with Gasteiger partial charge in [0.05, 0.1) is 6.42 Å². The summed E-state index contributed by atoms with van der Waals surface area (Å²) in [5.41, 5.74) is 1.37. The van der Waals surface area contributed by atoms with Gasteiger partial charge in [0.1, 0.15) is 6.61 Å². The first-order valence-corrected chi connectivity index (χ1v) is 6.45. The predicted octanol–water partition coefficient (Wildman–Crippen LogP) is 2.14. The molecule has 0 aromatic heterocycles. The van der Waals surface area contributed by atoms with Crippen molar-refractivity contribution in [3.05, 3.63) is 11.1 Å². The van der Waals surface area contributed by atoms with Gasteiger partial charge < -0.3 is 9.84 Å². The topological polar surface area (TPSA) is 63.6 Å². The number of hydrogen-bond acceptors (Lipinski definition) is 3. The van der Waals surface area contributed by atoms with E-state index in [0.29, 0.717) is 24.3 Å². The van der Waals surface area contributed by atoms with E-state index in [9.17, 15) is 14.7 Å². The van der Waals surface area contributed by atoms with Crippen LogP contribution in [-0.2, 0) is 14.3 Å². The lowest BCUT2D eigenvalue weighted by Gasteiger charge is -2.36. The van der Waals surface area contributed by atoms with E-state index in [4.69, 9.17) is 4.74 Å². The Morgan fingerprint density at radius 2 is 2.17 bits per heavy atom. The van der Waals surface area contributed by atoms with E-state index >= 15 is 0 Å². The van der Waals surface area contributed by atoms with Gasteiger partial charge in [0, 0.05) is 11.0 Å². The standard InChI is InChI=1S/C14H18O4/c1-13(2)4-8-3-9(12(16)17)10-6-18-11(15)5-14(8,10)7-13/h8H,3-7H2,1-2H3,(H,16,17)/t8-,14+/m1/s1. The van der Waals surface area contributed by atoms with Gasteiger partial charge in [-0.05, 0) is 36.2 Å². The number of cyclic esters (lactones) is 1. The van der Waals surface area contributed by atoms with Crippen LogP contribution in [0.1, 0.15) is 39.5 Å². The summed E-state index contributed by atoms with van der Waals surface area (Å²) < 4.78 is 5.08. The van der Waals surface area contributed by atoms with E-state index in [1.807, 2.05) is 0 Å². The molecule has 4 heteroatoms. The van der Waals surface area contributed by atoms with Gasteiger partial charge in [0.2, 0.25) is 0 Å². The molecule has 0 aromatic rings. The van der Waals surface area contributed by atoms with E-state index in [1.165, 1.54) is 0 Å². The Balaban J connectivity index is 2.08. The Labute approximate surface area is 106 Å². The smallest absolute Gasteiger partial charge is 0.331 e. The summed E-state index contributed by atoms with van der Waals surface area (Å²) in [5.74, 6) is -0.705. The second kappa shape index (κ2) is 3.37. The van der Waals surface area contributed by atoms with E-state index in [0.717, 1.165) is 18.4 Å². The van der Waals surface area contributed by atoms with E-state index in [1.54, 1.807) is 0 Å². The normalized spacial score (nSPS) is 37.2. The van der Waals surface area contributed by atoms with Crippen molar-refractivity contribution >= 4 is 11.9 Å². The number of carboxylic acid groups (broad SMARTS) is 1. The Hall–Kier alpha value is -1.32. The van der Waals surface area contributed by atoms with Gasteiger partial charge >= 0.3 is 11.9 Å². The highest BCUT2D eigenvalue weighted by molar-refractivity contribution is 5.90. The maximum Gasteiger partial charge on any atom is 0.331 e. The molecule has 98 valence electrons. The molecule has 1 saturated carbocycles. The number of aliphatic carboxylic acids is 1. The molecule has 4 nitrogen and oxygen atoms in total. The molecule has 2 fully saturated rings. The van der Waals surface area contributed by atoms with E-state index in [2.05, 4.69) is 13.8 Å². The number of carbonyl (C=O) groups is 2. The third kappa shape index (κ3) is 1.44. The van der Waals surface area contributed by atoms with E-state index < -0.39 is 5.97 Å². The zero-order valence-electron chi connectivity index (χ0n) is 10.8. The molecule has 1 aliphatic heterocycles. The maximum absolute atomic E-state index is 11.6. The van der Waals surface area contributed by atoms with Gasteiger partial charge in [-0.25, -0.2) is 4.79 Å². The van der Waals surface area contributed by atoms with Crippen molar-refractivity contribution in [2.45, 2.75) is 39.5 Å². The lowest BCUT2D eigenvalue weighted by atomic mass is 9.71. The van der Waals surface area contributed by atoms with Gasteiger partial charge in [-0.2, -0.15) is 0 Å². The summed E-state index contributed by atoms with van der Waals surface area (Å²) in [4.78, 5) is 23.0. The van der Waals surface area contributed by atoms with Gasteiger partial charge in [-0.3, -0.25) is 4.79 Å². The number of hydrogen-bond donors (Lipinski definition) is 1. The number of rotatable bonds is 1. The van der Waals surface area contributed by atoms with Crippen molar-refractivity contribution in [1.29, 1.82) is 0 Å². The summed E-state index contributed by atoms with van der Waals surface area (Å²) in [6.45, 7) is 4.60. The lowest BCUT2D eigenvalue weighted by Crippen LogP contribution is -2.35. The van der Waals surface area contributed by atoms with Crippen molar-refractivity contribution in [3.8, 4) is 0 Å². The summed E-state index contributed by atoms with van der Waals surface area (Å²) in [6.07, 6.45) is 2.88. The number of carbonyl (C=O) groups excluding carboxylic acids is 1. The molecule has 1 N–H and O–H groups in total. The van der Waals surface area contributed by atoms with Gasteiger partial charge in [-0.15, -0.1) is 0 Å². The van der Waals surface area contributed by atoms with Crippen LogP contribution in [0.5, 0.6) is 0 Å². The Morgan fingerprint density at radius 1 is 1.44 bits per heavy atom. The maximum atomic E-state index is 11.6. The largest absolute Gasteiger partial charge is 0.478 e. The molecule has 1 heterocycles. The monoisotopic (exact) mass is 250 g/mol. The highest BCUT2D eigenvalue weighted by atomic mass is 16.5. The number of ether oxygens (including phenoxy) is 1. The van der Waals surface area contributed by atoms with Crippen LogP contribution in [0.25, 0.3) is 0 Å². The average Bonchev–Trinajstić information content (AvgIpc) is 2.62. The molecule has 18 heavy (non-hydrogen) atoms. The average molecular weight is 250 g/mol. The van der Waals surface area contributed by atoms with Crippen LogP contribution >= 0.6 is 0 Å². The molecular weight excluding hydrogens is 232 g/mol. The highest BCUT2D eigenvalue weighted by Crippen LogP contribution is 2.65. The Morgan fingerprint density at radius 3 is 2.83 bits per heavy atom. The molecule has 3 aliphatic rings. The minimum atomic E-state index is -0.838. The van der Waals surface area contributed by atoms with Crippen LogP contribution in [0, 0.1) is 16.7 Å². The Bertz CT molecular complexity index is 474.